The van der Waals surface area contributed by atoms with Crippen molar-refractivity contribution in [2.24, 2.45) is 0 Å². The first kappa shape index (κ1) is 11.0. The maximum atomic E-state index is 12.3. The third-order valence-electron chi connectivity index (χ3n) is 3.56. The number of carbonyl (C=O) groups excluding carboxylic acids is 2. The summed E-state index contributed by atoms with van der Waals surface area (Å²) >= 11 is 0. The number of fused-ring (bicyclic) bond motifs is 3. The maximum Gasteiger partial charge on any atom is 0.295 e. The predicted molar refractivity (Wildman–Crippen MR) is 71.3 cm³/mol. The molecule has 98 valence electrons. The second-order valence-corrected chi connectivity index (χ2v) is 4.73. The molecular weight excluding hydrogens is 256 g/mol. The predicted octanol–water partition coefficient (Wildman–Crippen LogP) is 1.61. The number of anilines is 1. The highest BCUT2D eigenvalue weighted by atomic mass is 16.5. The quantitative estimate of drug-likeness (QED) is 0.761. The first-order valence-electron chi connectivity index (χ1n) is 6.22. The third kappa shape index (κ3) is 1.26. The van der Waals surface area contributed by atoms with E-state index < -0.39 is 5.72 Å². The van der Waals surface area contributed by atoms with E-state index in [9.17, 15) is 9.59 Å². The average molecular weight is 266 g/mol. The number of hydrogen-bond donors (Lipinski definition) is 2. The zero-order valence-electron chi connectivity index (χ0n) is 10.3. The molecule has 0 unspecified atom stereocenters. The third-order valence-corrected chi connectivity index (χ3v) is 3.56. The van der Waals surface area contributed by atoms with Crippen LogP contribution in [0.5, 0.6) is 5.75 Å². The van der Waals surface area contributed by atoms with Gasteiger partial charge in [-0.05, 0) is 18.2 Å². The summed E-state index contributed by atoms with van der Waals surface area (Å²) in [6.45, 7) is 0. The molecule has 1 atom stereocenters. The molecule has 2 heterocycles. The molecule has 5 heteroatoms. The number of ether oxygens (including phenoxy) is 1. The van der Waals surface area contributed by atoms with Crippen LogP contribution in [0.15, 0.2) is 48.5 Å². The lowest BCUT2D eigenvalue weighted by atomic mass is 10.0. The molecule has 2 amide bonds. The van der Waals surface area contributed by atoms with Gasteiger partial charge in [0.25, 0.3) is 17.5 Å². The van der Waals surface area contributed by atoms with E-state index >= 15 is 0 Å². The van der Waals surface area contributed by atoms with Crippen molar-refractivity contribution in [1.82, 2.24) is 5.32 Å². The van der Waals surface area contributed by atoms with Gasteiger partial charge in [-0.3, -0.25) is 9.59 Å². The first-order chi connectivity index (χ1) is 9.71. The van der Waals surface area contributed by atoms with Crippen molar-refractivity contribution >= 4 is 17.5 Å². The van der Waals surface area contributed by atoms with Crippen LogP contribution in [0, 0.1) is 0 Å². The van der Waals surface area contributed by atoms with E-state index in [0.29, 0.717) is 22.6 Å². The lowest BCUT2D eigenvalue weighted by Gasteiger charge is -2.34. The Balaban J connectivity index is 1.92. The standard InChI is InChI=1S/C15H10N2O3/c18-13-9-5-1-4-8-12(9)20-15(17-13)10-6-2-3-7-11(10)16-14(15)19/h1-8H,(H,16,19)(H,17,18)/t15-/m1/s1. The Morgan fingerprint density at radius 3 is 2.60 bits per heavy atom. The number of hydrogen-bond acceptors (Lipinski definition) is 3. The fraction of sp³-hybridized carbons (Fsp3) is 0.0667. The van der Waals surface area contributed by atoms with Crippen LogP contribution in [0.1, 0.15) is 15.9 Å². The number of para-hydroxylation sites is 2. The fourth-order valence-corrected chi connectivity index (χ4v) is 2.62. The molecule has 2 aromatic rings. The van der Waals surface area contributed by atoms with Gasteiger partial charge in [-0.25, -0.2) is 0 Å². The number of benzene rings is 2. The van der Waals surface area contributed by atoms with Crippen LogP contribution in [-0.2, 0) is 10.5 Å². The van der Waals surface area contributed by atoms with Gasteiger partial charge in [-0.15, -0.1) is 0 Å². The summed E-state index contributed by atoms with van der Waals surface area (Å²) in [4.78, 5) is 24.5. The van der Waals surface area contributed by atoms with Gasteiger partial charge in [0.05, 0.1) is 16.8 Å². The average Bonchev–Trinajstić information content (AvgIpc) is 2.72. The Hall–Kier alpha value is -2.82. The Kier molecular flexibility index (Phi) is 1.99. The molecule has 2 aromatic carbocycles. The lowest BCUT2D eigenvalue weighted by Crippen LogP contribution is -2.57. The molecule has 0 saturated heterocycles. The van der Waals surface area contributed by atoms with Crippen molar-refractivity contribution in [3.8, 4) is 5.75 Å². The molecule has 0 bridgehead atoms. The molecule has 1 spiro atoms. The van der Waals surface area contributed by atoms with Crippen LogP contribution in [0.2, 0.25) is 0 Å². The summed E-state index contributed by atoms with van der Waals surface area (Å²) in [6.07, 6.45) is 0. The van der Waals surface area contributed by atoms with E-state index in [1.54, 1.807) is 42.5 Å². The lowest BCUT2D eigenvalue weighted by molar-refractivity contribution is -0.133. The van der Waals surface area contributed by atoms with E-state index in [4.69, 9.17) is 4.74 Å². The number of amides is 2. The molecule has 20 heavy (non-hydrogen) atoms. The summed E-state index contributed by atoms with van der Waals surface area (Å²) in [5.41, 5.74) is 0.225. The minimum absolute atomic E-state index is 0.321. The van der Waals surface area contributed by atoms with E-state index in [-0.39, 0.29) is 11.8 Å². The highest BCUT2D eigenvalue weighted by Gasteiger charge is 2.53. The second kappa shape index (κ2) is 3.60. The molecule has 0 fully saturated rings. The van der Waals surface area contributed by atoms with E-state index in [1.807, 2.05) is 6.07 Å². The van der Waals surface area contributed by atoms with Gasteiger partial charge in [0, 0.05) is 0 Å². The first-order valence-corrected chi connectivity index (χ1v) is 6.22. The highest BCUT2D eigenvalue weighted by molar-refractivity contribution is 6.10. The fourth-order valence-electron chi connectivity index (χ4n) is 2.62. The molecule has 5 nitrogen and oxygen atoms in total. The van der Waals surface area contributed by atoms with Gasteiger partial charge in [-0.2, -0.15) is 0 Å². The van der Waals surface area contributed by atoms with Crippen LogP contribution < -0.4 is 15.4 Å². The minimum Gasteiger partial charge on any atom is -0.453 e. The second-order valence-electron chi connectivity index (χ2n) is 4.73. The van der Waals surface area contributed by atoms with E-state index in [1.165, 1.54) is 0 Å². The van der Waals surface area contributed by atoms with Crippen LogP contribution in [-0.4, -0.2) is 11.8 Å². The largest absolute Gasteiger partial charge is 0.453 e. The van der Waals surface area contributed by atoms with Gasteiger partial charge in [-0.1, -0.05) is 30.3 Å². The van der Waals surface area contributed by atoms with Crippen molar-refractivity contribution < 1.29 is 14.3 Å². The topological polar surface area (TPSA) is 67.4 Å². The van der Waals surface area contributed by atoms with Gasteiger partial charge in [0.1, 0.15) is 5.75 Å². The smallest absolute Gasteiger partial charge is 0.295 e. The van der Waals surface area contributed by atoms with E-state index in [0.717, 1.165) is 0 Å². The Labute approximate surface area is 114 Å². The van der Waals surface area contributed by atoms with E-state index in [2.05, 4.69) is 10.6 Å². The summed E-state index contributed by atoms with van der Waals surface area (Å²) in [5, 5.41) is 5.41. The highest BCUT2D eigenvalue weighted by Crippen LogP contribution is 2.41. The van der Waals surface area contributed by atoms with Gasteiger partial charge < -0.3 is 15.4 Å². The molecule has 2 aliphatic rings. The van der Waals surface area contributed by atoms with Crippen molar-refractivity contribution in [3.63, 3.8) is 0 Å². The molecule has 2 aliphatic heterocycles. The molecule has 2 N–H and O–H groups in total. The summed E-state index contributed by atoms with van der Waals surface area (Å²) < 4.78 is 5.85. The zero-order chi connectivity index (χ0) is 13.7. The normalized spacial score (nSPS) is 22.6. The Morgan fingerprint density at radius 1 is 0.950 bits per heavy atom. The van der Waals surface area contributed by atoms with Crippen LogP contribution >= 0.6 is 0 Å². The summed E-state index contributed by atoms with van der Waals surface area (Å²) in [6, 6.07) is 14.0. The van der Waals surface area contributed by atoms with Crippen LogP contribution in [0.3, 0.4) is 0 Å². The molecule has 0 aliphatic carbocycles. The number of nitrogens with one attached hydrogen (secondary N) is 2. The van der Waals surface area contributed by atoms with Crippen LogP contribution in [0.4, 0.5) is 5.69 Å². The molecule has 4 rings (SSSR count). The SMILES string of the molecule is O=C1N[C@]2(Oc3ccccc31)C(=O)Nc1ccccc12. The Morgan fingerprint density at radius 2 is 1.70 bits per heavy atom. The minimum atomic E-state index is -1.47. The zero-order valence-corrected chi connectivity index (χ0v) is 10.3. The summed E-state index contributed by atoms with van der Waals surface area (Å²) in [7, 11) is 0. The van der Waals surface area contributed by atoms with Crippen LogP contribution in [0.25, 0.3) is 0 Å². The van der Waals surface area contributed by atoms with Gasteiger partial charge in [0.2, 0.25) is 0 Å². The number of rotatable bonds is 0. The van der Waals surface area contributed by atoms with Crippen molar-refractivity contribution in [1.29, 1.82) is 0 Å². The van der Waals surface area contributed by atoms with Gasteiger partial charge >= 0.3 is 0 Å². The monoisotopic (exact) mass is 266 g/mol. The summed E-state index contributed by atoms with van der Waals surface area (Å²) in [5.74, 6) is -0.302. The molecular formula is C15H10N2O3. The molecule has 0 radical (unpaired) electrons. The molecule has 0 aromatic heterocycles. The van der Waals surface area contributed by atoms with Gasteiger partial charge in [0.15, 0.2) is 0 Å². The van der Waals surface area contributed by atoms with Crippen molar-refractivity contribution in [2.75, 3.05) is 5.32 Å². The van der Waals surface area contributed by atoms with Crippen molar-refractivity contribution in [2.45, 2.75) is 5.72 Å². The number of carbonyl (C=O) groups is 2. The molecule has 0 saturated carbocycles. The maximum absolute atomic E-state index is 12.3. The Bertz CT molecular complexity index is 756. The van der Waals surface area contributed by atoms with Crippen molar-refractivity contribution in [3.05, 3.63) is 59.7 Å².